The third-order valence-corrected chi connectivity index (χ3v) is 11.3. The van der Waals surface area contributed by atoms with Gasteiger partial charge in [0.25, 0.3) is 11.8 Å². The zero-order valence-corrected chi connectivity index (χ0v) is 28.3. The van der Waals surface area contributed by atoms with Crippen molar-refractivity contribution in [1.29, 1.82) is 0 Å². The smallest absolute Gasteiger partial charge is 0.303 e. The number of hydrogen-bond acceptors (Lipinski definition) is 7. The van der Waals surface area contributed by atoms with Crippen LogP contribution in [0.1, 0.15) is 61.1 Å². The number of carbonyl (C=O) groups is 5. The van der Waals surface area contributed by atoms with Crippen molar-refractivity contribution in [2.45, 2.75) is 56.8 Å². The van der Waals surface area contributed by atoms with Gasteiger partial charge in [0, 0.05) is 29.5 Å². The van der Waals surface area contributed by atoms with Crippen LogP contribution in [0.5, 0.6) is 5.75 Å². The normalized spacial score (nSPS) is 27.2. The lowest BCUT2D eigenvalue weighted by molar-refractivity contribution is -0.141. The molecule has 3 aromatic rings. The second kappa shape index (κ2) is 13.1. The summed E-state index contributed by atoms with van der Waals surface area (Å²) in [4.78, 5) is 70.0. The number of amides is 4. The molecule has 4 amide bonds. The van der Waals surface area contributed by atoms with Crippen molar-refractivity contribution < 1.29 is 34.2 Å². The molecular formula is C39H38ClN3O7. The number of phenols is 1. The second-order valence-electron chi connectivity index (χ2n) is 13.8. The Kier molecular flexibility index (Phi) is 8.76. The van der Waals surface area contributed by atoms with E-state index in [1.807, 2.05) is 55.5 Å². The average Bonchev–Trinajstić information content (AvgIpc) is 3.47. The Morgan fingerprint density at radius 3 is 2.38 bits per heavy atom. The molecule has 2 heterocycles. The summed E-state index contributed by atoms with van der Waals surface area (Å²) >= 11 is 6.55. The van der Waals surface area contributed by atoms with Gasteiger partial charge in [0.15, 0.2) is 0 Å². The van der Waals surface area contributed by atoms with E-state index >= 15 is 4.79 Å². The molecule has 1 saturated carbocycles. The van der Waals surface area contributed by atoms with Gasteiger partial charge in [0.1, 0.15) is 5.75 Å². The molecule has 10 nitrogen and oxygen atoms in total. The number of anilines is 1. The van der Waals surface area contributed by atoms with Gasteiger partial charge in [-0.2, -0.15) is 5.01 Å². The Bertz CT molecular complexity index is 1910. The van der Waals surface area contributed by atoms with Gasteiger partial charge in [0.05, 0.1) is 28.9 Å². The molecule has 3 N–H and O–H groups in total. The molecule has 2 aliphatic heterocycles. The lowest BCUT2D eigenvalue weighted by Gasteiger charge is -2.50. The minimum absolute atomic E-state index is 0.0212. The summed E-state index contributed by atoms with van der Waals surface area (Å²) in [5.41, 5.74) is 4.81. The molecule has 0 spiro atoms. The lowest BCUT2D eigenvalue weighted by atomic mass is 9.49. The van der Waals surface area contributed by atoms with Gasteiger partial charge in [0.2, 0.25) is 11.8 Å². The van der Waals surface area contributed by atoms with Gasteiger partial charge in [-0.25, -0.2) is 0 Å². The topological polar surface area (TPSA) is 144 Å². The van der Waals surface area contributed by atoms with Crippen LogP contribution in [-0.2, 0) is 29.4 Å². The molecule has 0 unspecified atom stereocenters. The molecule has 2 aliphatic carbocycles. The fourth-order valence-electron chi connectivity index (χ4n) is 8.86. The number of hydrazine groups is 1. The maximum absolute atomic E-state index is 15.1. The Balaban J connectivity index is 1.34. The number of benzene rings is 3. The number of nitrogens with one attached hydrogen (secondary N) is 1. The molecule has 2 saturated heterocycles. The van der Waals surface area contributed by atoms with Crippen molar-refractivity contribution >= 4 is 46.9 Å². The zero-order valence-electron chi connectivity index (χ0n) is 27.6. The molecule has 0 aromatic heterocycles. The third-order valence-electron chi connectivity index (χ3n) is 11.1. The predicted molar refractivity (Wildman–Crippen MR) is 185 cm³/mol. The first kappa shape index (κ1) is 33.5. The van der Waals surface area contributed by atoms with Crippen molar-refractivity contribution in [2.24, 2.45) is 23.7 Å². The molecule has 4 aliphatic rings. The molecular weight excluding hydrogens is 658 g/mol. The van der Waals surface area contributed by atoms with Gasteiger partial charge in [-0.15, -0.1) is 0 Å². The van der Waals surface area contributed by atoms with Gasteiger partial charge >= 0.3 is 5.97 Å². The summed E-state index contributed by atoms with van der Waals surface area (Å²) in [5, 5.41) is 21.9. The Labute approximate surface area is 294 Å². The number of allylic oxidation sites excluding steroid dienone is 2. The number of fused-ring (bicyclic) bond motifs is 4. The third kappa shape index (κ3) is 5.37. The number of carbonyl (C=O) groups excluding carboxylic acids is 4. The van der Waals surface area contributed by atoms with E-state index in [4.69, 9.17) is 16.7 Å². The standard InChI is InChI=1S/C39H38ClN3O7/c1-22-11-14-25(15-12-22)41-43-36(48)30-21-28-26(16-17-27-33(28)37(49)42(35(27)47)19-7-3-6-10-32(45)46)34(29-20-24(40)13-18-31(29)44)39(30,38(43)50)23-8-4-2-5-9-23/h2,4-5,8-9,11-16,18,20,27-28,30,33-34,41,44H,3,6-7,10,17,19,21H2,1H3,(H,45,46)/t27-,28+,30-,33-,34+,39+/m0/s1. The lowest BCUT2D eigenvalue weighted by Crippen LogP contribution is -2.53. The number of carboxylic acids is 1. The van der Waals surface area contributed by atoms with Crippen LogP contribution in [0.3, 0.4) is 0 Å². The fraction of sp³-hybridized carbons (Fsp3) is 0.359. The number of halogens is 1. The van der Waals surface area contributed by atoms with Gasteiger partial charge in [-0.3, -0.25) is 34.3 Å². The largest absolute Gasteiger partial charge is 0.508 e. The van der Waals surface area contributed by atoms with Crippen LogP contribution < -0.4 is 5.43 Å². The number of likely N-dealkylation sites (tertiary alicyclic amines) is 1. The predicted octanol–water partition coefficient (Wildman–Crippen LogP) is 5.98. The van der Waals surface area contributed by atoms with Crippen LogP contribution in [0.4, 0.5) is 5.69 Å². The highest BCUT2D eigenvalue weighted by Crippen LogP contribution is 2.65. The van der Waals surface area contributed by atoms with E-state index in [1.165, 1.54) is 11.0 Å². The number of phenolic OH excluding ortho intramolecular Hbond substituents is 1. The fourth-order valence-corrected chi connectivity index (χ4v) is 9.04. The summed E-state index contributed by atoms with van der Waals surface area (Å²) < 4.78 is 0. The summed E-state index contributed by atoms with van der Waals surface area (Å²) in [6.07, 6.45) is 3.86. The number of nitrogens with zero attached hydrogens (tertiary/aromatic N) is 2. The first-order valence-corrected chi connectivity index (χ1v) is 17.4. The molecule has 6 atom stereocenters. The van der Waals surface area contributed by atoms with Gasteiger partial charge in [-0.05, 0) is 74.4 Å². The molecule has 3 fully saturated rings. The quantitative estimate of drug-likeness (QED) is 0.133. The van der Waals surface area contributed by atoms with E-state index in [-0.39, 0.29) is 43.4 Å². The number of imide groups is 2. The van der Waals surface area contributed by atoms with E-state index in [1.54, 1.807) is 24.3 Å². The molecule has 50 heavy (non-hydrogen) atoms. The van der Waals surface area contributed by atoms with E-state index in [2.05, 4.69) is 5.43 Å². The molecule has 0 radical (unpaired) electrons. The summed E-state index contributed by atoms with van der Waals surface area (Å²) in [6, 6.07) is 21.1. The van der Waals surface area contributed by atoms with Crippen molar-refractivity contribution in [3.05, 3.63) is 106 Å². The summed E-state index contributed by atoms with van der Waals surface area (Å²) in [7, 11) is 0. The molecule has 0 bridgehead atoms. The Hall–Kier alpha value is -4.96. The Morgan fingerprint density at radius 2 is 1.66 bits per heavy atom. The number of aliphatic carboxylic acids is 1. The number of rotatable bonds is 10. The number of hydrogen-bond donors (Lipinski definition) is 3. The maximum atomic E-state index is 15.1. The molecule has 258 valence electrons. The van der Waals surface area contributed by atoms with E-state index in [0.29, 0.717) is 41.1 Å². The average molecular weight is 696 g/mol. The van der Waals surface area contributed by atoms with Gasteiger partial charge in [-0.1, -0.05) is 77.7 Å². The zero-order chi connectivity index (χ0) is 35.3. The Morgan fingerprint density at radius 1 is 0.920 bits per heavy atom. The van der Waals surface area contributed by atoms with Crippen molar-refractivity contribution in [3.8, 4) is 5.75 Å². The minimum atomic E-state index is -1.51. The van der Waals surface area contributed by atoms with Crippen LogP contribution in [0.25, 0.3) is 0 Å². The van der Waals surface area contributed by atoms with E-state index < -0.39 is 52.8 Å². The molecule has 3 aromatic carbocycles. The first-order valence-electron chi connectivity index (χ1n) is 17.1. The van der Waals surface area contributed by atoms with Crippen LogP contribution in [0.15, 0.2) is 84.4 Å². The summed E-state index contributed by atoms with van der Waals surface area (Å²) in [6.45, 7) is 2.13. The van der Waals surface area contributed by atoms with Crippen LogP contribution >= 0.6 is 11.6 Å². The van der Waals surface area contributed by atoms with Crippen LogP contribution in [-0.4, -0.2) is 56.3 Å². The highest BCUT2D eigenvalue weighted by molar-refractivity contribution is 6.30. The highest BCUT2D eigenvalue weighted by atomic mass is 35.5. The number of aryl methyl sites for hydroxylation is 1. The summed E-state index contributed by atoms with van der Waals surface area (Å²) in [5.74, 6) is -6.30. The number of aromatic hydroxyl groups is 1. The van der Waals surface area contributed by atoms with Crippen molar-refractivity contribution in [1.82, 2.24) is 9.91 Å². The highest BCUT2D eigenvalue weighted by Gasteiger charge is 2.70. The number of unbranched alkanes of at least 4 members (excludes halogenated alkanes) is 2. The van der Waals surface area contributed by atoms with Crippen molar-refractivity contribution in [3.63, 3.8) is 0 Å². The minimum Gasteiger partial charge on any atom is -0.508 e. The van der Waals surface area contributed by atoms with Crippen LogP contribution in [0.2, 0.25) is 5.02 Å². The monoisotopic (exact) mass is 695 g/mol. The second-order valence-corrected chi connectivity index (χ2v) is 14.3. The number of carboxylic acid groups (broad SMARTS) is 1. The van der Waals surface area contributed by atoms with Gasteiger partial charge < -0.3 is 10.2 Å². The SMILES string of the molecule is Cc1ccc(NN2C(=O)[C@@H]3C[C@@H]4C(=CC[C@@H]5C(=O)N(CCCCCC(=O)O)C(=O)[C@@H]54)[C@H](c4cc(Cl)ccc4O)[C@]3(c3ccccc3)C2=O)cc1. The molecule has 11 heteroatoms. The van der Waals surface area contributed by atoms with Crippen molar-refractivity contribution in [2.75, 3.05) is 12.0 Å². The van der Waals surface area contributed by atoms with E-state index in [0.717, 1.165) is 16.1 Å². The van der Waals surface area contributed by atoms with Crippen LogP contribution in [0, 0.1) is 30.6 Å². The maximum Gasteiger partial charge on any atom is 0.303 e. The molecule has 7 rings (SSSR count). The van der Waals surface area contributed by atoms with E-state index in [9.17, 15) is 24.3 Å². The first-order chi connectivity index (χ1) is 24.0.